The second-order valence-corrected chi connectivity index (χ2v) is 8.44. The first kappa shape index (κ1) is 21.2. The molecular formula is C23H24ClN3O4. The van der Waals surface area contributed by atoms with Crippen molar-refractivity contribution < 1.29 is 19.1 Å². The standard InChI is InChI=1S/C23H24ClN3O4/c1-15-12-18(31-2)6-7-19(15)20(28)26-10-8-23(9-11-26)21(29)27(22(30)25-23)14-16-4-3-5-17(24)13-16/h3-7,12-13H,8-11,14H2,1-2H3,(H,25,30). The number of hydrogen-bond donors (Lipinski definition) is 1. The van der Waals surface area contributed by atoms with Crippen LogP contribution in [0.4, 0.5) is 4.79 Å². The number of aryl methyl sites for hydroxylation is 1. The summed E-state index contributed by atoms with van der Waals surface area (Å²) in [6.45, 7) is 2.82. The third kappa shape index (κ3) is 3.97. The zero-order valence-electron chi connectivity index (χ0n) is 17.5. The van der Waals surface area contributed by atoms with Crippen molar-refractivity contribution in [2.75, 3.05) is 20.2 Å². The van der Waals surface area contributed by atoms with Gasteiger partial charge in [0.25, 0.3) is 11.8 Å². The molecule has 8 heteroatoms. The predicted molar refractivity (Wildman–Crippen MR) is 116 cm³/mol. The fourth-order valence-electron chi connectivity index (χ4n) is 4.24. The van der Waals surface area contributed by atoms with E-state index < -0.39 is 11.6 Å². The van der Waals surface area contributed by atoms with Gasteiger partial charge in [-0.3, -0.25) is 14.5 Å². The molecule has 7 nitrogen and oxygen atoms in total. The molecule has 0 bridgehead atoms. The van der Waals surface area contributed by atoms with Gasteiger partial charge in [-0.2, -0.15) is 0 Å². The molecule has 2 heterocycles. The number of nitrogens with zero attached hydrogens (tertiary/aromatic N) is 2. The van der Waals surface area contributed by atoms with E-state index in [9.17, 15) is 14.4 Å². The molecular weight excluding hydrogens is 418 g/mol. The number of benzene rings is 2. The first-order chi connectivity index (χ1) is 14.8. The van der Waals surface area contributed by atoms with E-state index in [0.29, 0.717) is 42.3 Å². The molecule has 0 radical (unpaired) electrons. The Kier molecular flexibility index (Phi) is 5.62. The molecule has 2 aliphatic rings. The third-order valence-electron chi connectivity index (χ3n) is 6.04. The molecule has 0 atom stereocenters. The molecule has 1 N–H and O–H groups in total. The van der Waals surface area contributed by atoms with E-state index in [1.165, 1.54) is 4.90 Å². The fourth-order valence-corrected chi connectivity index (χ4v) is 4.45. The molecule has 162 valence electrons. The quantitative estimate of drug-likeness (QED) is 0.738. The first-order valence-corrected chi connectivity index (χ1v) is 10.5. The Morgan fingerprint density at radius 1 is 1.16 bits per heavy atom. The summed E-state index contributed by atoms with van der Waals surface area (Å²) < 4.78 is 5.20. The summed E-state index contributed by atoms with van der Waals surface area (Å²) in [4.78, 5) is 41.7. The number of piperidine rings is 1. The van der Waals surface area contributed by atoms with Crippen molar-refractivity contribution in [1.82, 2.24) is 15.1 Å². The van der Waals surface area contributed by atoms with Crippen molar-refractivity contribution in [3.8, 4) is 5.75 Å². The van der Waals surface area contributed by atoms with Crippen LogP contribution in [0.15, 0.2) is 42.5 Å². The lowest BCUT2D eigenvalue weighted by atomic mass is 9.87. The lowest BCUT2D eigenvalue weighted by molar-refractivity contribution is -0.133. The number of likely N-dealkylation sites (tertiary alicyclic amines) is 1. The van der Waals surface area contributed by atoms with Crippen molar-refractivity contribution in [3.63, 3.8) is 0 Å². The largest absolute Gasteiger partial charge is 0.497 e. The van der Waals surface area contributed by atoms with Crippen LogP contribution in [-0.4, -0.2) is 53.4 Å². The Balaban J connectivity index is 1.44. The van der Waals surface area contributed by atoms with Crippen LogP contribution in [0.5, 0.6) is 5.75 Å². The van der Waals surface area contributed by atoms with Gasteiger partial charge in [-0.1, -0.05) is 23.7 Å². The average molecular weight is 442 g/mol. The van der Waals surface area contributed by atoms with E-state index >= 15 is 0 Å². The molecule has 4 rings (SSSR count). The van der Waals surface area contributed by atoms with E-state index in [4.69, 9.17) is 16.3 Å². The Bertz CT molecular complexity index is 1050. The van der Waals surface area contributed by atoms with Gasteiger partial charge in [-0.25, -0.2) is 4.79 Å². The second-order valence-electron chi connectivity index (χ2n) is 8.01. The molecule has 0 aliphatic carbocycles. The molecule has 1 spiro atoms. The molecule has 2 saturated heterocycles. The van der Waals surface area contributed by atoms with Crippen LogP contribution in [-0.2, 0) is 11.3 Å². The summed E-state index contributed by atoms with van der Waals surface area (Å²) in [5, 5.41) is 3.44. The number of imide groups is 1. The summed E-state index contributed by atoms with van der Waals surface area (Å²) in [7, 11) is 1.59. The van der Waals surface area contributed by atoms with Crippen LogP contribution in [0, 0.1) is 6.92 Å². The van der Waals surface area contributed by atoms with Gasteiger partial charge >= 0.3 is 6.03 Å². The highest BCUT2D eigenvalue weighted by atomic mass is 35.5. The SMILES string of the molecule is COc1ccc(C(=O)N2CCC3(CC2)NC(=O)N(Cc2cccc(Cl)c2)C3=O)c(C)c1. The highest BCUT2D eigenvalue weighted by Crippen LogP contribution is 2.31. The number of rotatable bonds is 4. The normalized spacial score (nSPS) is 17.8. The minimum Gasteiger partial charge on any atom is -0.497 e. The summed E-state index contributed by atoms with van der Waals surface area (Å²) in [5.74, 6) is 0.374. The number of halogens is 1. The molecule has 0 aromatic heterocycles. The van der Waals surface area contributed by atoms with Crippen LogP contribution >= 0.6 is 11.6 Å². The number of nitrogens with one attached hydrogen (secondary N) is 1. The van der Waals surface area contributed by atoms with Crippen molar-refractivity contribution in [2.24, 2.45) is 0 Å². The number of carbonyl (C=O) groups excluding carboxylic acids is 3. The molecule has 2 aromatic carbocycles. The van der Waals surface area contributed by atoms with Crippen molar-refractivity contribution in [2.45, 2.75) is 31.8 Å². The average Bonchev–Trinajstić information content (AvgIpc) is 2.98. The number of hydrogen-bond acceptors (Lipinski definition) is 4. The minimum atomic E-state index is -0.957. The maximum Gasteiger partial charge on any atom is 0.325 e. The summed E-state index contributed by atoms with van der Waals surface area (Å²) in [6.07, 6.45) is 0.759. The highest BCUT2D eigenvalue weighted by molar-refractivity contribution is 6.30. The van der Waals surface area contributed by atoms with Gasteiger partial charge in [0.05, 0.1) is 13.7 Å². The Hall–Kier alpha value is -3.06. The van der Waals surface area contributed by atoms with Crippen LogP contribution in [0.25, 0.3) is 0 Å². The number of urea groups is 1. The van der Waals surface area contributed by atoms with Crippen molar-refractivity contribution in [3.05, 3.63) is 64.2 Å². The van der Waals surface area contributed by atoms with E-state index in [1.54, 1.807) is 42.3 Å². The van der Waals surface area contributed by atoms with E-state index in [1.807, 2.05) is 19.1 Å². The molecule has 2 aromatic rings. The van der Waals surface area contributed by atoms with Crippen LogP contribution in [0.2, 0.25) is 5.02 Å². The van der Waals surface area contributed by atoms with Crippen molar-refractivity contribution >= 4 is 29.4 Å². The smallest absolute Gasteiger partial charge is 0.325 e. The first-order valence-electron chi connectivity index (χ1n) is 10.2. The molecule has 2 fully saturated rings. The maximum atomic E-state index is 13.1. The summed E-state index contributed by atoms with van der Waals surface area (Å²) in [6, 6.07) is 12.0. The lowest BCUT2D eigenvalue weighted by Gasteiger charge is -2.37. The van der Waals surface area contributed by atoms with Crippen LogP contribution in [0.3, 0.4) is 0 Å². The van der Waals surface area contributed by atoms with Gasteiger partial charge in [0.1, 0.15) is 11.3 Å². The molecule has 4 amide bonds. The predicted octanol–water partition coefficient (Wildman–Crippen LogP) is 3.38. The number of carbonyl (C=O) groups is 3. The lowest BCUT2D eigenvalue weighted by Crippen LogP contribution is -2.55. The molecule has 31 heavy (non-hydrogen) atoms. The van der Waals surface area contributed by atoms with Gasteiger partial charge in [0.15, 0.2) is 0 Å². The Morgan fingerprint density at radius 3 is 2.55 bits per heavy atom. The van der Waals surface area contributed by atoms with Gasteiger partial charge in [-0.05, 0) is 61.2 Å². The van der Waals surface area contributed by atoms with E-state index in [0.717, 1.165) is 11.1 Å². The van der Waals surface area contributed by atoms with Gasteiger partial charge in [0, 0.05) is 23.7 Å². The number of amides is 4. The topological polar surface area (TPSA) is 79.0 Å². The molecule has 2 aliphatic heterocycles. The Morgan fingerprint density at radius 2 is 1.90 bits per heavy atom. The third-order valence-corrected chi connectivity index (χ3v) is 6.28. The zero-order chi connectivity index (χ0) is 22.2. The van der Waals surface area contributed by atoms with E-state index in [2.05, 4.69) is 5.32 Å². The summed E-state index contributed by atoms with van der Waals surface area (Å²) >= 11 is 6.02. The number of methoxy groups -OCH3 is 1. The van der Waals surface area contributed by atoms with Gasteiger partial charge in [-0.15, -0.1) is 0 Å². The fraction of sp³-hybridized carbons (Fsp3) is 0.348. The van der Waals surface area contributed by atoms with Crippen LogP contribution in [0.1, 0.15) is 34.3 Å². The Labute approximate surface area is 185 Å². The van der Waals surface area contributed by atoms with Crippen LogP contribution < -0.4 is 10.1 Å². The monoisotopic (exact) mass is 441 g/mol. The molecule has 0 unspecified atom stereocenters. The minimum absolute atomic E-state index is 0.0810. The van der Waals surface area contributed by atoms with Gasteiger partial charge < -0.3 is 15.0 Å². The molecule has 0 saturated carbocycles. The summed E-state index contributed by atoms with van der Waals surface area (Å²) in [5.41, 5.74) is 1.28. The highest BCUT2D eigenvalue weighted by Gasteiger charge is 2.52. The van der Waals surface area contributed by atoms with Crippen molar-refractivity contribution in [1.29, 1.82) is 0 Å². The van der Waals surface area contributed by atoms with Gasteiger partial charge in [0.2, 0.25) is 0 Å². The van der Waals surface area contributed by atoms with E-state index in [-0.39, 0.29) is 18.4 Å². The maximum absolute atomic E-state index is 13.1. The zero-order valence-corrected chi connectivity index (χ0v) is 18.2. The number of ether oxygens (including phenoxy) is 1. The second kappa shape index (κ2) is 8.23.